The van der Waals surface area contributed by atoms with Gasteiger partial charge in [0.1, 0.15) is 5.75 Å². The number of hydrogen-bond acceptors (Lipinski definition) is 3. The average molecular weight is 331 g/mol. The first-order chi connectivity index (χ1) is 9.06. The fourth-order valence-electron chi connectivity index (χ4n) is 1.83. The molecule has 0 heterocycles. The van der Waals surface area contributed by atoms with Gasteiger partial charge in [-0.05, 0) is 17.7 Å². The van der Waals surface area contributed by atoms with Crippen LogP contribution in [0.2, 0.25) is 0 Å². The highest BCUT2D eigenvalue weighted by atomic mass is 35.5. The number of carbonyl (C=O) groups is 1. The van der Waals surface area contributed by atoms with Crippen LogP contribution in [0, 0.1) is 0 Å². The van der Waals surface area contributed by atoms with Crippen LogP contribution in [0.25, 0.3) is 0 Å². The van der Waals surface area contributed by atoms with Crippen LogP contribution in [0.3, 0.4) is 0 Å². The molecule has 1 fully saturated rings. The Hall–Kier alpha value is -1.34. The van der Waals surface area contributed by atoms with Crippen molar-refractivity contribution in [1.29, 1.82) is 0 Å². The fraction of sp³-hybridized carbons (Fsp3) is 0.364. The molecule has 1 aromatic carbocycles. The maximum atomic E-state index is 12.0. The van der Waals surface area contributed by atoms with Gasteiger partial charge in [0.15, 0.2) is 9.93 Å². The highest BCUT2D eigenvalue weighted by Crippen LogP contribution is 2.65. The highest BCUT2D eigenvalue weighted by molar-refractivity contribution is 6.52. The summed E-state index contributed by atoms with van der Waals surface area (Å²) in [6.07, 6.45) is -6.38. The van der Waals surface area contributed by atoms with E-state index in [0.717, 1.165) is 12.1 Å². The number of rotatable bonds is 3. The number of alkyl halides is 5. The van der Waals surface area contributed by atoms with Crippen LogP contribution < -0.4 is 4.74 Å². The summed E-state index contributed by atoms with van der Waals surface area (Å²) in [5, 5.41) is 8.68. The molecule has 0 amide bonds. The minimum absolute atomic E-state index is 0.00882. The molecule has 0 saturated heterocycles. The molecular weight excluding hydrogens is 324 g/mol. The summed E-state index contributed by atoms with van der Waals surface area (Å²) in [6.45, 7) is 0. The van der Waals surface area contributed by atoms with Gasteiger partial charge in [-0.25, -0.2) is 4.79 Å². The van der Waals surface area contributed by atoms with E-state index < -0.39 is 28.2 Å². The molecule has 0 aliphatic heterocycles. The molecule has 1 aliphatic rings. The SMILES string of the molecule is O=C(O)OC1(c2ccc(OC(F)(F)F)cc2)CC1(Cl)Cl. The normalized spacial score (nSPS) is 24.1. The van der Waals surface area contributed by atoms with Crippen molar-refractivity contribution in [2.45, 2.75) is 22.7 Å². The van der Waals surface area contributed by atoms with Gasteiger partial charge in [0.2, 0.25) is 0 Å². The highest BCUT2D eigenvalue weighted by Gasteiger charge is 2.71. The van der Waals surface area contributed by atoms with E-state index in [9.17, 15) is 18.0 Å². The van der Waals surface area contributed by atoms with Crippen LogP contribution in [0.5, 0.6) is 5.75 Å². The van der Waals surface area contributed by atoms with E-state index in [1.807, 2.05) is 0 Å². The van der Waals surface area contributed by atoms with Crippen LogP contribution in [0.1, 0.15) is 12.0 Å². The zero-order valence-electron chi connectivity index (χ0n) is 9.58. The van der Waals surface area contributed by atoms with Crippen molar-refractivity contribution >= 4 is 29.4 Å². The quantitative estimate of drug-likeness (QED) is 0.671. The minimum atomic E-state index is -4.81. The summed E-state index contributed by atoms with van der Waals surface area (Å²) >= 11 is 11.7. The molecule has 1 unspecified atom stereocenters. The van der Waals surface area contributed by atoms with Crippen LogP contribution in [-0.4, -0.2) is 22.0 Å². The van der Waals surface area contributed by atoms with Crippen molar-refractivity contribution in [1.82, 2.24) is 0 Å². The summed E-state index contributed by atoms with van der Waals surface area (Å²) < 4.78 is 43.0. The summed E-state index contributed by atoms with van der Waals surface area (Å²) in [5.41, 5.74) is -1.22. The Morgan fingerprint density at radius 3 is 2.10 bits per heavy atom. The molecule has 0 spiro atoms. The van der Waals surface area contributed by atoms with E-state index in [0.29, 0.717) is 0 Å². The topological polar surface area (TPSA) is 55.8 Å². The van der Waals surface area contributed by atoms with Crippen molar-refractivity contribution in [2.75, 3.05) is 0 Å². The third-order valence-electron chi connectivity index (χ3n) is 2.75. The fourth-order valence-corrected chi connectivity index (χ4v) is 2.50. The number of benzene rings is 1. The van der Waals surface area contributed by atoms with Gasteiger partial charge in [-0.3, -0.25) is 0 Å². The van der Waals surface area contributed by atoms with Crippen molar-refractivity contribution in [2.24, 2.45) is 0 Å². The maximum absolute atomic E-state index is 12.0. The molecule has 0 radical (unpaired) electrons. The van der Waals surface area contributed by atoms with Gasteiger partial charge in [0, 0.05) is 6.42 Å². The van der Waals surface area contributed by atoms with Gasteiger partial charge in [0.25, 0.3) is 0 Å². The van der Waals surface area contributed by atoms with Gasteiger partial charge in [-0.15, -0.1) is 13.2 Å². The number of halogens is 5. The Labute approximate surface area is 121 Å². The molecule has 4 nitrogen and oxygen atoms in total. The molecular formula is C11H7Cl2F3O4. The lowest BCUT2D eigenvalue weighted by molar-refractivity contribution is -0.274. The Morgan fingerprint density at radius 1 is 1.25 bits per heavy atom. The molecule has 1 aromatic rings. The second-order valence-corrected chi connectivity index (χ2v) is 5.63. The van der Waals surface area contributed by atoms with E-state index in [-0.39, 0.29) is 12.0 Å². The first-order valence-corrected chi connectivity index (χ1v) is 5.97. The maximum Gasteiger partial charge on any atom is 0.573 e. The molecule has 9 heteroatoms. The molecule has 1 aliphatic carbocycles. The molecule has 0 bridgehead atoms. The Morgan fingerprint density at radius 2 is 1.75 bits per heavy atom. The third kappa shape index (κ3) is 2.88. The minimum Gasteiger partial charge on any atom is -0.450 e. The van der Waals surface area contributed by atoms with Gasteiger partial charge in [-0.2, -0.15) is 0 Å². The largest absolute Gasteiger partial charge is 0.573 e. The van der Waals surface area contributed by atoms with Crippen LogP contribution in [0.4, 0.5) is 18.0 Å². The van der Waals surface area contributed by atoms with E-state index in [1.165, 1.54) is 12.1 Å². The lowest BCUT2D eigenvalue weighted by Crippen LogP contribution is -2.22. The van der Waals surface area contributed by atoms with Crippen LogP contribution in [-0.2, 0) is 10.3 Å². The van der Waals surface area contributed by atoms with E-state index in [2.05, 4.69) is 9.47 Å². The first-order valence-electron chi connectivity index (χ1n) is 5.22. The Bertz CT molecular complexity index is 529. The van der Waals surface area contributed by atoms with E-state index in [4.69, 9.17) is 28.3 Å². The molecule has 2 rings (SSSR count). The van der Waals surface area contributed by atoms with Gasteiger partial charge in [0.05, 0.1) is 0 Å². The lowest BCUT2D eigenvalue weighted by atomic mass is 10.1. The summed E-state index contributed by atoms with van der Waals surface area (Å²) in [7, 11) is 0. The third-order valence-corrected chi connectivity index (χ3v) is 3.63. The monoisotopic (exact) mass is 330 g/mol. The molecule has 1 N–H and O–H groups in total. The second-order valence-electron chi connectivity index (χ2n) is 4.15. The van der Waals surface area contributed by atoms with Gasteiger partial charge >= 0.3 is 12.5 Å². The molecule has 110 valence electrons. The smallest absolute Gasteiger partial charge is 0.450 e. The van der Waals surface area contributed by atoms with Crippen LogP contribution in [0.15, 0.2) is 24.3 Å². The second kappa shape index (κ2) is 4.60. The Balaban J connectivity index is 2.23. The standard InChI is InChI=1S/C11H7Cl2F3O4/c12-10(13)5-9(10,20-8(17)18)6-1-3-7(4-2-6)19-11(14,15)16/h1-4H,5H2,(H,17,18). The predicted octanol–water partition coefficient (Wildman–Crippen LogP) is 4.05. The summed E-state index contributed by atoms with van der Waals surface area (Å²) in [5.74, 6) is -0.442. The number of ether oxygens (including phenoxy) is 2. The van der Waals surface area contributed by atoms with E-state index in [1.54, 1.807) is 0 Å². The zero-order valence-corrected chi connectivity index (χ0v) is 11.1. The molecule has 1 atom stereocenters. The summed E-state index contributed by atoms with van der Waals surface area (Å²) in [4.78, 5) is 10.7. The number of hydrogen-bond donors (Lipinski definition) is 1. The van der Waals surface area contributed by atoms with E-state index >= 15 is 0 Å². The first kappa shape index (κ1) is 15.1. The van der Waals surface area contributed by atoms with Crippen molar-refractivity contribution < 1.29 is 32.5 Å². The molecule has 1 saturated carbocycles. The van der Waals surface area contributed by atoms with Gasteiger partial charge in [-0.1, -0.05) is 35.3 Å². The van der Waals surface area contributed by atoms with Crippen molar-refractivity contribution in [3.63, 3.8) is 0 Å². The number of carboxylic acid groups (broad SMARTS) is 1. The predicted molar refractivity (Wildman–Crippen MR) is 63.0 cm³/mol. The average Bonchev–Trinajstić information content (AvgIpc) is 2.78. The van der Waals surface area contributed by atoms with Crippen molar-refractivity contribution in [3.8, 4) is 5.75 Å². The van der Waals surface area contributed by atoms with Gasteiger partial charge < -0.3 is 14.6 Å². The summed E-state index contributed by atoms with van der Waals surface area (Å²) in [6, 6.07) is 4.49. The van der Waals surface area contributed by atoms with Crippen LogP contribution >= 0.6 is 23.2 Å². The molecule has 20 heavy (non-hydrogen) atoms. The molecule has 0 aromatic heterocycles. The lowest BCUT2D eigenvalue weighted by Gasteiger charge is -2.18. The van der Waals surface area contributed by atoms with Crippen molar-refractivity contribution in [3.05, 3.63) is 29.8 Å². The Kier molecular flexibility index (Phi) is 3.46. The zero-order chi connectivity index (χ0) is 15.2.